The molecule has 0 fully saturated rings. The number of amides is 2. The molecule has 10 heteroatoms. The van der Waals surface area contributed by atoms with Gasteiger partial charge in [-0.3, -0.25) is 9.59 Å². The Kier molecular flexibility index (Phi) is 6.73. The number of anilines is 2. The van der Waals surface area contributed by atoms with Crippen molar-refractivity contribution >= 4 is 46.6 Å². The molecular weight excluding hydrogens is 441 g/mol. The average Bonchev–Trinajstić information content (AvgIpc) is 3.23. The van der Waals surface area contributed by atoms with Gasteiger partial charge in [0.2, 0.25) is 5.91 Å². The van der Waals surface area contributed by atoms with Crippen LogP contribution in [0.5, 0.6) is 0 Å². The first-order valence-electron chi connectivity index (χ1n) is 8.47. The van der Waals surface area contributed by atoms with Crippen molar-refractivity contribution in [1.82, 2.24) is 0 Å². The maximum Gasteiger partial charge on any atom is 0.416 e. The topological polar surface area (TPSA) is 71.3 Å². The predicted molar refractivity (Wildman–Crippen MR) is 109 cm³/mol. The standard InChI is InChI=1S/C20H14ClF3N2O3S/c21-15-8-3-12(20(22,23)24)10-16(15)26-18(27)11-30-14-6-4-13(5-7-14)25-19(28)17-2-1-9-29-17/h1-10H,11H2,(H,25,28)(H,26,27). The van der Waals surface area contributed by atoms with Gasteiger partial charge in [-0.2, -0.15) is 13.2 Å². The van der Waals surface area contributed by atoms with E-state index in [1.807, 2.05) is 0 Å². The zero-order valence-electron chi connectivity index (χ0n) is 15.1. The number of benzene rings is 2. The predicted octanol–water partition coefficient (Wildman–Crippen LogP) is 5.93. The lowest BCUT2D eigenvalue weighted by Crippen LogP contribution is -2.15. The van der Waals surface area contributed by atoms with Crippen molar-refractivity contribution in [1.29, 1.82) is 0 Å². The summed E-state index contributed by atoms with van der Waals surface area (Å²) in [7, 11) is 0. The van der Waals surface area contributed by atoms with E-state index in [2.05, 4.69) is 10.6 Å². The first-order valence-corrected chi connectivity index (χ1v) is 9.83. The number of hydrogen-bond acceptors (Lipinski definition) is 4. The van der Waals surface area contributed by atoms with Gasteiger partial charge in [-0.15, -0.1) is 11.8 Å². The van der Waals surface area contributed by atoms with Crippen LogP contribution in [-0.4, -0.2) is 17.6 Å². The van der Waals surface area contributed by atoms with Crippen LogP contribution < -0.4 is 10.6 Å². The zero-order valence-corrected chi connectivity index (χ0v) is 16.7. The SMILES string of the molecule is O=C(CSc1ccc(NC(=O)c2ccco2)cc1)Nc1cc(C(F)(F)F)ccc1Cl. The fourth-order valence-corrected chi connectivity index (χ4v) is 3.23. The summed E-state index contributed by atoms with van der Waals surface area (Å²) in [6, 6.07) is 12.6. The summed E-state index contributed by atoms with van der Waals surface area (Å²) in [4.78, 5) is 24.8. The molecule has 3 rings (SSSR count). The quantitative estimate of drug-likeness (QED) is 0.452. The van der Waals surface area contributed by atoms with Gasteiger partial charge in [-0.25, -0.2) is 0 Å². The van der Waals surface area contributed by atoms with E-state index in [0.717, 1.165) is 23.1 Å². The largest absolute Gasteiger partial charge is 0.459 e. The van der Waals surface area contributed by atoms with Crippen LogP contribution in [0.4, 0.5) is 24.5 Å². The van der Waals surface area contributed by atoms with Crippen LogP contribution in [0.25, 0.3) is 0 Å². The number of halogens is 4. The van der Waals surface area contributed by atoms with Gasteiger partial charge in [0.05, 0.1) is 28.3 Å². The molecular formula is C20H14ClF3N2O3S. The Bertz CT molecular complexity index is 1040. The fourth-order valence-electron chi connectivity index (χ4n) is 2.37. The molecule has 2 N–H and O–H groups in total. The number of furan rings is 1. The van der Waals surface area contributed by atoms with E-state index in [9.17, 15) is 22.8 Å². The lowest BCUT2D eigenvalue weighted by molar-refractivity contribution is -0.137. The normalized spacial score (nSPS) is 11.2. The maximum atomic E-state index is 12.8. The Hall–Kier alpha value is -2.91. The van der Waals surface area contributed by atoms with Crippen molar-refractivity contribution in [3.05, 3.63) is 77.2 Å². The smallest absolute Gasteiger partial charge is 0.416 e. The molecule has 0 bridgehead atoms. The molecule has 0 aliphatic heterocycles. The van der Waals surface area contributed by atoms with Gasteiger partial charge >= 0.3 is 6.18 Å². The number of alkyl halides is 3. The van der Waals surface area contributed by atoms with Gasteiger partial charge in [0.1, 0.15) is 0 Å². The average molecular weight is 455 g/mol. The van der Waals surface area contributed by atoms with Gasteiger partial charge in [0, 0.05) is 10.6 Å². The molecule has 30 heavy (non-hydrogen) atoms. The first-order chi connectivity index (χ1) is 14.2. The highest BCUT2D eigenvalue weighted by molar-refractivity contribution is 8.00. The summed E-state index contributed by atoms with van der Waals surface area (Å²) in [5.41, 5.74) is -0.462. The zero-order chi connectivity index (χ0) is 21.7. The third kappa shape index (κ3) is 5.80. The van der Waals surface area contributed by atoms with Crippen LogP contribution in [0.3, 0.4) is 0 Å². The van der Waals surface area contributed by atoms with E-state index in [1.165, 1.54) is 24.1 Å². The molecule has 0 saturated carbocycles. The van der Waals surface area contributed by atoms with Gasteiger partial charge in [-0.05, 0) is 54.6 Å². The van der Waals surface area contributed by atoms with E-state index in [0.29, 0.717) is 5.69 Å². The molecule has 1 aromatic heterocycles. The number of nitrogens with one attached hydrogen (secondary N) is 2. The van der Waals surface area contributed by atoms with Gasteiger partial charge < -0.3 is 15.1 Å². The number of rotatable bonds is 6. The highest BCUT2D eigenvalue weighted by atomic mass is 35.5. The summed E-state index contributed by atoms with van der Waals surface area (Å²) in [5, 5.41) is 5.06. The number of carbonyl (C=O) groups is 2. The van der Waals surface area contributed by atoms with Crippen LogP contribution in [0.2, 0.25) is 5.02 Å². The minimum Gasteiger partial charge on any atom is -0.459 e. The van der Waals surface area contributed by atoms with Crippen molar-refractivity contribution in [2.75, 3.05) is 16.4 Å². The Balaban J connectivity index is 1.54. The van der Waals surface area contributed by atoms with Crippen molar-refractivity contribution in [3.8, 4) is 0 Å². The van der Waals surface area contributed by atoms with Crippen LogP contribution >= 0.6 is 23.4 Å². The third-order valence-electron chi connectivity index (χ3n) is 3.79. The van der Waals surface area contributed by atoms with Gasteiger partial charge in [-0.1, -0.05) is 11.6 Å². The van der Waals surface area contributed by atoms with Crippen molar-refractivity contribution in [2.24, 2.45) is 0 Å². The summed E-state index contributed by atoms with van der Waals surface area (Å²) >= 11 is 7.05. The second kappa shape index (κ2) is 9.27. The second-order valence-electron chi connectivity index (χ2n) is 5.99. The van der Waals surface area contributed by atoms with Gasteiger partial charge in [0.15, 0.2) is 5.76 Å². The molecule has 2 amide bonds. The van der Waals surface area contributed by atoms with Crippen LogP contribution in [-0.2, 0) is 11.0 Å². The summed E-state index contributed by atoms with van der Waals surface area (Å²) in [6.07, 6.45) is -3.14. The Labute approximate surface area is 178 Å². The highest BCUT2D eigenvalue weighted by Crippen LogP contribution is 2.34. The Morgan fingerprint density at radius 1 is 1.03 bits per heavy atom. The second-order valence-corrected chi connectivity index (χ2v) is 7.44. The van der Waals surface area contributed by atoms with E-state index < -0.39 is 23.6 Å². The van der Waals surface area contributed by atoms with Crippen molar-refractivity contribution < 1.29 is 27.2 Å². The summed E-state index contributed by atoms with van der Waals surface area (Å²) in [6.45, 7) is 0. The maximum absolute atomic E-state index is 12.8. The molecule has 1 heterocycles. The number of carbonyl (C=O) groups excluding carboxylic acids is 2. The van der Waals surface area contributed by atoms with Crippen molar-refractivity contribution in [2.45, 2.75) is 11.1 Å². The van der Waals surface area contributed by atoms with Crippen LogP contribution in [0, 0.1) is 0 Å². The minimum absolute atomic E-state index is 0.0120. The molecule has 0 unspecified atom stereocenters. The van der Waals surface area contributed by atoms with Crippen molar-refractivity contribution in [3.63, 3.8) is 0 Å². The minimum atomic E-state index is -4.53. The molecule has 5 nitrogen and oxygen atoms in total. The lowest BCUT2D eigenvalue weighted by atomic mass is 10.2. The van der Waals surface area contributed by atoms with E-state index >= 15 is 0 Å². The first kappa shape index (κ1) is 21.8. The number of thioether (sulfide) groups is 1. The Morgan fingerprint density at radius 2 is 1.77 bits per heavy atom. The summed E-state index contributed by atoms with van der Waals surface area (Å²) < 4.78 is 43.4. The fraction of sp³-hybridized carbons (Fsp3) is 0.100. The third-order valence-corrected chi connectivity index (χ3v) is 5.14. The summed E-state index contributed by atoms with van der Waals surface area (Å²) in [5.74, 6) is -0.752. The van der Waals surface area contributed by atoms with E-state index in [-0.39, 0.29) is 22.2 Å². The Morgan fingerprint density at radius 3 is 2.40 bits per heavy atom. The highest BCUT2D eigenvalue weighted by Gasteiger charge is 2.31. The van der Waals surface area contributed by atoms with E-state index in [1.54, 1.807) is 30.3 Å². The molecule has 3 aromatic rings. The molecule has 0 radical (unpaired) electrons. The molecule has 0 atom stereocenters. The molecule has 0 aliphatic rings. The molecule has 156 valence electrons. The van der Waals surface area contributed by atoms with Gasteiger partial charge in [0.25, 0.3) is 5.91 Å². The monoisotopic (exact) mass is 454 g/mol. The lowest BCUT2D eigenvalue weighted by Gasteiger charge is -2.11. The number of hydrogen-bond donors (Lipinski definition) is 2. The van der Waals surface area contributed by atoms with E-state index in [4.69, 9.17) is 16.0 Å². The molecule has 0 spiro atoms. The van der Waals surface area contributed by atoms with Crippen LogP contribution in [0.15, 0.2) is 70.2 Å². The molecule has 2 aromatic carbocycles. The molecule has 0 saturated heterocycles. The molecule has 0 aliphatic carbocycles. The van der Waals surface area contributed by atoms with Crippen LogP contribution in [0.1, 0.15) is 16.1 Å².